The van der Waals surface area contributed by atoms with Crippen molar-refractivity contribution in [1.82, 2.24) is 0 Å². The molecule has 0 unspecified atom stereocenters. The molecule has 0 saturated carbocycles. The molecule has 0 aliphatic heterocycles. The van der Waals surface area contributed by atoms with Crippen molar-refractivity contribution in [2.24, 2.45) is 4.99 Å². The standard InChI is InChI=1S/C52H36N2S/c1-33(54-50-44-27-14-12-25-42(44)41-24-11-13-26-43(41)49(50)53)37-22-15-23-38(28-37)46-30-40(35-18-7-3-8-19-35)32-48-47-31-39(34-16-5-2-6-17-34)29-45(51(47)55-52(46)48)36-20-9-4-10-21-36/h2-32H,53H2,1H3. The van der Waals surface area contributed by atoms with Crippen molar-refractivity contribution < 1.29 is 0 Å². The molecule has 10 aromatic rings. The van der Waals surface area contributed by atoms with Gasteiger partial charge in [0.2, 0.25) is 0 Å². The fourth-order valence-electron chi connectivity index (χ4n) is 8.04. The lowest BCUT2D eigenvalue weighted by atomic mass is 9.92. The van der Waals surface area contributed by atoms with E-state index in [1.54, 1.807) is 0 Å². The zero-order chi connectivity index (χ0) is 36.9. The normalized spacial score (nSPS) is 11.9. The maximum atomic E-state index is 6.90. The minimum atomic E-state index is 0.705. The third-order valence-electron chi connectivity index (χ3n) is 10.8. The average molecular weight is 721 g/mol. The van der Waals surface area contributed by atoms with Gasteiger partial charge in [-0.25, -0.2) is 0 Å². The van der Waals surface area contributed by atoms with E-state index in [0.29, 0.717) is 5.69 Å². The molecule has 0 aliphatic rings. The molecule has 1 heterocycles. The van der Waals surface area contributed by atoms with Gasteiger partial charge in [0.05, 0.1) is 11.4 Å². The van der Waals surface area contributed by atoms with Crippen molar-refractivity contribution in [3.8, 4) is 44.5 Å². The molecule has 0 saturated heterocycles. The molecular formula is C52H36N2S. The van der Waals surface area contributed by atoms with E-state index in [0.717, 1.165) is 44.1 Å². The van der Waals surface area contributed by atoms with Gasteiger partial charge in [-0.1, -0.05) is 158 Å². The fourth-order valence-corrected chi connectivity index (χ4v) is 9.37. The van der Waals surface area contributed by atoms with Gasteiger partial charge >= 0.3 is 0 Å². The van der Waals surface area contributed by atoms with E-state index < -0.39 is 0 Å². The molecule has 3 heteroatoms. The van der Waals surface area contributed by atoms with Crippen molar-refractivity contribution >= 4 is 70.1 Å². The monoisotopic (exact) mass is 720 g/mol. The van der Waals surface area contributed by atoms with Crippen molar-refractivity contribution in [1.29, 1.82) is 0 Å². The molecule has 9 aromatic carbocycles. The Bertz CT molecular complexity index is 3090. The molecule has 1 aromatic heterocycles. The highest BCUT2D eigenvalue weighted by Gasteiger charge is 2.19. The molecule has 0 aliphatic carbocycles. The van der Waals surface area contributed by atoms with Gasteiger partial charge < -0.3 is 5.73 Å². The van der Waals surface area contributed by atoms with Crippen LogP contribution in [0.25, 0.3) is 86.2 Å². The lowest BCUT2D eigenvalue weighted by Crippen LogP contribution is -1.97. The number of rotatable bonds is 6. The van der Waals surface area contributed by atoms with Crippen molar-refractivity contribution in [3.05, 3.63) is 194 Å². The first-order chi connectivity index (χ1) is 27.1. The van der Waals surface area contributed by atoms with Crippen molar-refractivity contribution in [3.63, 3.8) is 0 Å². The van der Waals surface area contributed by atoms with Gasteiger partial charge in [0.25, 0.3) is 0 Å². The summed E-state index contributed by atoms with van der Waals surface area (Å²) in [6.07, 6.45) is 0. The van der Waals surface area contributed by atoms with Crippen molar-refractivity contribution in [2.45, 2.75) is 6.92 Å². The first-order valence-corrected chi connectivity index (χ1v) is 19.5. The second-order valence-corrected chi connectivity index (χ2v) is 15.2. The Kier molecular flexibility index (Phi) is 8.09. The van der Waals surface area contributed by atoms with Crippen LogP contribution in [-0.4, -0.2) is 5.71 Å². The smallest absolute Gasteiger partial charge is 0.0947 e. The number of hydrogen-bond acceptors (Lipinski definition) is 3. The molecule has 260 valence electrons. The number of nitrogens with zero attached hydrogens (tertiary/aromatic N) is 1. The number of aliphatic imine (C=N–C) groups is 1. The SMILES string of the molecule is CC(=Nc1c(N)c2ccccc2c2ccccc12)c1cccc(-c2cc(-c3ccccc3)cc3c2sc2c(-c4ccccc4)cc(-c4ccccc4)cc23)c1. The highest BCUT2D eigenvalue weighted by molar-refractivity contribution is 7.27. The minimum Gasteiger partial charge on any atom is -0.396 e. The summed E-state index contributed by atoms with van der Waals surface area (Å²) in [7, 11) is 0. The van der Waals surface area contributed by atoms with Crippen LogP contribution in [0.4, 0.5) is 11.4 Å². The van der Waals surface area contributed by atoms with E-state index in [4.69, 9.17) is 10.7 Å². The predicted molar refractivity (Wildman–Crippen MR) is 239 cm³/mol. The summed E-state index contributed by atoms with van der Waals surface area (Å²) >= 11 is 1.89. The Morgan fingerprint density at radius 2 is 0.855 bits per heavy atom. The van der Waals surface area contributed by atoms with Crippen LogP contribution in [0.2, 0.25) is 0 Å². The van der Waals surface area contributed by atoms with Gasteiger partial charge in [-0.2, -0.15) is 0 Å². The maximum absolute atomic E-state index is 6.90. The molecule has 2 N–H and O–H groups in total. The summed E-state index contributed by atoms with van der Waals surface area (Å²) in [6.45, 7) is 2.09. The molecule has 0 atom stereocenters. The summed E-state index contributed by atoms with van der Waals surface area (Å²) in [5, 5.41) is 6.91. The quantitative estimate of drug-likeness (QED) is 0.104. The van der Waals surface area contributed by atoms with Crippen molar-refractivity contribution in [2.75, 3.05) is 5.73 Å². The van der Waals surface area contributed by atoms with Crippen LogP contribution in [0.3, 0.4) is 0 Å². The third kappa shape index (κ3) is 5.77. The Morgan fingerprint density at radius 3 is 1.44 bits per heavy atom. The summed E-state index contributed by atoms with van der Waals surface area (Å²) < 4.78 is 2.56. The summed E-state index contributed by atoms with van der Waals surface area (Å²) in [4.78, 5) is 5.28. The van der Waals surface area contributed by atoms with Crippen LogP contribution in [0, 0.1) is 0 Å². The lowest BCUT2D eigenvalue weighted by molar-refractivity contribution is 1.50. The molecule has 55 heavy (non-hydrogen) atoms. The lowest BCUT2D eigenvalue weighted by Gasteiger charge is -2.13. The van der Waals surface area contributed by atoms with E-state index in [-0.39, 0.29) is 0 Å². The van der Waals surface area contributed by atoms with Crippen LogP contribution in [0.15, 0.2) is 193 Å². The van der Waals surface area contributed by atoms with Crippen LogP contribution in [0.5, 0.6) is 0 Å². The second kappa shape index (κ2) is 13.6. The Balaban J connectivity index is 1.20. The van der Waals surface area contributed by atoms with E-state index in [1.807, 2.05) is 17.4 Å². The van der Waals surface area contributed by atoms with Gasteiger partial charge in [0.1, 0.15) is 0 Å². The zero-order valence-corrected chi connectivity index (χ0v) is 31.1. The number of anilines is 1. The van der Waals surface area contributed by atoms with Gasteiger partial charge in [-0.05, 0) is 87.0 Å². The summed E-state index contributed by atoms with van der Waals surface area (Å²) in [5.74, 6) is 0. The Morgan fingerprint density at radius 1 is 0.400 bits per heavy atom. The third-order valence-corrected chi connectivity index (χ3v) is 12.1. The molecule has 10 rings (SSSR count). The van der Waals surface area contributed by atoms with Gasteiger partial charge in [-0.15, -0.1) is 11.3 Å². The van der Waals surface area contributed by atoms with E-state index in [2.05, 4.69) is 189 Å². The van der Waals surface area contributed by atoms with Crippen LogP contribution in [0.1, 0.15) is 12.5 Å². The minimum absolute atomic E-state index is 0.705. The number of nitrogens with two attached hydrogens (primary N) is 1. The molecule has 0 amide bonds. The number of benzene rings is 9. The largest absolute Gasteiger partial charge is 0.396 e. The first-order valence-electron chi connectivity index (χ1n) is 18.7. The second-order valence-electron chi connectivity index (χ2n) is 14.1. The van der Waals surface area contributed by atoms with Gasteiger partial charge in [0.15, 0.2) is 0 Å². The van der Waals surface area contributed by atoms with Gasteiger partial charge in [-0.3, -0.25) is 4.99 Å². The Labute approximate surface area is 324 Å². The Hall–Kier alpha value is -6.81. The molecule has 0 bridgehead atoms. The highest BCUT2D eigenvalue weighted by Crippen LogP contribution is 2.48. The highest BCUT2D eigenvalue weighted by atomic mass is 32.1. The van der Waals surface area contributed by atoms with E-state index in [9.17, 15) is 0 Å². The van der Waals surface area contributed by atoms with E-state index in [1.165, 1.54) is 59.1 Å². The van der Waals surface area contributed by atoms with Gasteiger partial charge in [0, 0.05) is 47.8 Å². The summed E-state index contributed by atoms with van der Waals surface area (Å²) in [6, 6.07) is 67.4. The molecule has 0 radical (unpaired) electrons. The number of fused-ring (bicyclic) bond motifs is 6. The fraction of sp³-hybridized carbons (Fsp3) is 0.0192. The zero-order valence-electron chi connectivity index (χ0n) is 30.3. The number of thiophene rings is 1. The molecule has 2 nitrogen and oxygen atoms in total. The maximum Gasteiger partial charge on any atom is 0.0947 e. The molecule has 0 spiro atoms. The van der Waals surface area contributed by atoms with E-state index >= 15 is 0 Å². The van der Waals surface area contributed by atoms with Crippen LogP contribution >= 0.6 is 11.3 Å². The topological polar surface area (TPSA) is 38.4 Å². The van der Waals surface area contributed by atoms with Crippen LogP contribution in [-0.2, 0) is 0 Å². The molecular weight excluding hydrogens is 685 g/mol. The number of hydrogen-bond donors (Lipinski definition) is 1. The first kappa shape index (κ1) is 32.8. The average Bonchev–Trinajstić information content (AvgIpc) is 3.64. The summed E-state index contributed by atoms with van der Waals surface area (Å²) in [5.41, 5.74) is 20.1. The van der Waals surface area contributed by atoms with Crippen LogP contribution < -0.4 is 5.73 Å². The predicted octanol–water partition coefficient (Wildman–Crippen LogP) is 14.8. The number of nitrogen functional groups attached to an aromatic ring is 1. The molecule has 0 fully saturated rings.